The first-order chi connectivity index (χ1) is 19.2. The Kier molecular flexibility index (Phi) is 15.0. The molecule has 0 amide bonds. The summed E-state index contributed by atoms with van der Waals surface area (Å²) < 4.78 is 5.77. The number of unbranched alkanes of at least 4 members (excludes halogenated alkanes) is 2. The second-order valence-electron chi connectivity index (χ2n) is 8.93. The number of nitrogens with zero attached hydrogens (tertiary/aromatic N) is 1. The van der Waals surface area contributed by atoms with Crippen molar-refractivity contribution in [2.45, 2.75) is 38.2 Å². The maximum absolute atomic E-state index is 10.3. The van der Waals surface area contributed by atoms with Gasteiger partial charge in [-0.1, -0.05) is 35.3 Å². The number of benzene rings is 2. The van der Waals surface area contributed by atoms with Crippen LogP contribution in [0.1, 0.15) is 42.9 Å². The third kappa shape index (κ3) is 12.8. The minimum absolute atomic E-state index is 0.339. The van der Waals surface area contributed by atoms with Gasteiger partial charge in [0.15, 0.2) is 0 Å². The van der Waals surface area contributed by atoms with Gasteiger partial charge in [-0.25, -0.2) is 9.59 Å². The van der Waals surface area contributed by atoms with Crippen LogP contribution in [0, 0.1) is 0 Å². The van der Waals surface area contributed by atoms with E-state index in [0.29, 0.717) is 40.0 Å². The van der Waals surface area contributed by atoms with Crippen LogP contribution in [0.25, 0.3) is 10.9 Å². The van der Waals surface area contributed by atoms with Crippen LogP contribution in [0.3, 0.4) is 0 Å². The number of nitrogens with one attached hydrogen (secondary N) is 1. The topological polar surface area (TPSA) is 155 Å². The Labute approximate surface area is 243 Å². The molecule has 0 aliphatic heterocycles. The Morgan fingerprint density at radius 2 is 1.65 bits per heavy atom. The van der Waals surface area contributed by atoms with Crippen molar-refractivity contribution in [2.24, 2.45) is 0 Å². The summed E-state index contributed by atoms with van der Waals surface area (Å²) >= 11 is 12.0. The average molecular weight is 593 g/mol. The molecule has 1 heterocycles. The normalized spacial score (nSPS) is 11.8. The number of hydrogen-bond acceptors (Lipinski definition) is 7. The molecule has 216 valence electrons. The monoisotopic (exact) mass is 591 g/mol. The van der Waals surface area contributed by atoms with E-state index in [2.05, 4.69) is 34.6 Å². The number of nitrogen functional groups attached to an aromatic ring is 1. The molecular formula is C29H35Cl2N3O6. The van der Waals surface area contributed by atoms with Crippen LogP contribution in [0.5, 0.6) is 0 Å². The molecule has 0 bridgehead atoms. The quantitative estimate of drug-likeness (QED) is 0.0901. The van der Waals surface area contributed by atoms with Gasteiger partial charge in [0, 0.05) is 43.5 Å². The van der Waals surface area contributed by atoms with Crippen LogP contribution in [-0.4, -0.2) is 58.5 Å². The molecule has 0 spiro atoms. The van der Waals surface area contributed by atoms with Crippen molar-refractivity contribution >= 4 is 51.7 Å². The molecule has 1 unspecified atom stereocenters. The summed E-state index contributed by atoms with van der Waals surface area (Å²) in [5, 5.41) is 31.1. The van der Waals surface area contributed by atoms with E-state index in [9.17, 15) is 14.7 Å². The summed E-state index contributed by atoms with van der Waals surface area (Å²) in [5.41, 5.74) is 9.09. The number of hydrogen-bond donors (Lipinski definition) is 5. The number of halogens is 2. The van der Waals surface area contributed by atoms with E-state index in [1.165, 1.54) is 10.9 Å². The maximum Gasteiger partial charge on any atom is 0.328 e. The van der Waals surface area contributed by atoms with E-state index in [1.54, 1.807) is 12.1 Å². The van der Waals surface area contributed by atoms with E-state index in [-0.39, 0.29) is 0 Å². The van der Waals surface area contributed by atoms with Crippen molar-refractivity contribution in [2.75, 3.05) is 32.0 Å². The molecule has 40 heavy (non-hydrogen) atoms. The standard InChI is InChI=1S/C25H31Cl2N3O2.C4H4O4/c26-21-15-20(16-22(27)25(21)28)24(31)17-29-10-2-1-3-12-32-13-5-6-18-8-9-23-19(14-18)7-4-11-30-23;5-3(6)1-2-4(7)8/h4,7-9,11,14-16,24,29,31H,1-3,5-6,10,12-13,17,28H2;1-2H,(H,5,6)(H,7,8)/b;2-1+. The number of nitrogens with two attached hydrogens (primary N) is 1. The van der Waals surface area contributed by atoms with Crippen LogP contribution < -0.4 is 11.1 Å². The molecule has 3 rings (SSSR count). The molecule has 1 aromatic heterocycles. The summed E-state index contributed by atoms with van der Waals surface area (Å²) in [7, 11) is 0. The first-order valence-corrected chi connectivity index (χ1v) is 13.6. The predicted octanol–water partition coefficient (Wildman–Crippen LogP) is 5.28. The number of carboxylic acids is 2. The number of aliphatic carboxylic acids is 2. The highest BCUT2D eigenvalue weighted by molar-refractivity contribution is 6.38. The lowest BCUT2D eigenvalue weighted by Gasteiger charge is -2.14. The Hall–Kier alpha value is -3.21. The van der Waals surface area contributed by atoms with Gasteiger partial charge in [0.1, 0.15) is 0 Å². The van der Waals surface area contributed by atoms with Crippen molar-refractivity contribution in [1.82, 2.24) is 10.3 Å². The molecule has 6 N–H and O–H groups in total. The number of carboxylic acid groups (broad SMARTS) is 2. The molecule has 0 saturated carbocycles. The van der Waals surface area contributed by atoms with Gasteiger partial charge in [-0.3, -0.25) is 4.98 Å². The fraction of sp³-hybridized carbons (Fsp3) is 0.345. The van der Waals surface area contributed by atoms with Gasteiger partial charge in [-0.05, 0) is 80.1 Å². The summed E-state index contributed by atoms with van der Waals surface area (Å²) in [6.45, 7) is 2.84. The molecule has 11 heteroatoms. The highest BCUT2D eigenvalue weighted by Crippen LogP contribution is 2.31. The number of anilines is 1. The second-order valence-corrected chi connectivity index (χ2v) is 9.75. The van der Waals surface area contributed by atoms with Gasteiger partial charge in [0.25, 0.3) is 0 Å². The molecule has 1 atom stereocenters. The molecule has 9 nitrogen and oxygen atoms in total. The average Bonchev–Trinajstić information content (AvgIpc) is 2.93. The largest absolute Gasteiger partial charge is 0.478 e. The van der Waals surface area contributed by atoms with Crippen LogP contribution in [0.4, 0.5) is 5.69 Å². The molecule has 3 aromatic rings. The van der Waals surface area contributed by atoms with Crippen LogP contribution >= 0.6 is 23.2 Å². The number of aliphatic hydroxyl groups excluding tert-OH is 1. The predicted molar refractivity (Wildman–Crippen MR) is 158 cm³/mol. The Morgan fingerprint density at radius 3 is 2.33 bits per heavy atom. The van der Waals surface area contributed by atoms with Gasteiger partial charge in [-0.15, -0.1) is 0 Å². The zero-order valence-electron chi connectivity index (χ0n) is 22.1. The number of carbonyl (C=O) groups is 2. The molecule has 2 aromatic carbocycles. The Bertz CT molecular complexity index is 1230. The molecule has 0 fully saturated rings. The number of fused-ring (bicyclic) bond motifs is 1. The van der Waals surface area contributed by atoms with Crippen molar-refractivity contribution in [3.8, 4) is 0 Å². The third-order valence-electron chi connectivity index (χ3n) is 5.76. The van der Waals surface area contributed by atoms with Gasteiger partial charge in [-0.2, -0.15) is 0 Å². The van der Waals surface area contributed by atoms with E-state index >= 15 is 0 Å². The summed E-state index contributed by atoms with van der Waals surface area (Å²) in [5.74, 6) is -2.51. The van der Waals surface area contributed by atoms with E-state index in [1.807, 2.05) is 12.3 Å². The number of aromatic nitrogens is 1. The summed E-state index contributed by atoms with van der Waals surface area (Å²) in [6, 6.07) is 13.8. The lowest BCUT2D eigenvalue weighted by Crippen LogP contribution is -2.22. The zero-order valence-corrected chi connectivity index (χ0v) is 23.6. The highest BCUT2D eigenvalue weighted by Gasteiger charge is 2.12. The number of pyridine rings is 1. The summed E-state index contributed by atoms with van der Waals surface area (Å²) in [6.07, 6.45) is 7.45. The zero-order chi connectivity index (χ0) is 29.3. The molecule has 0 aliphatic rings. The first-order valence-electron chi connectivity index (χ1n) is 12.9. The first kappa shape index (κ1) is 33.0. The van der Waals surface area contributed by atoms with Crippen molar-refractivity contribution < 1.29 is 29.6 Å². The fourth-order valence-electron chi connectivity index (χ4n) is 3.69. The second kappa shape index (κ2) is 18.2. The number of aryl methyl sites for hydroxylation is 1. The summed E-state index contributed by atoms with van der Waals surface area (Å²) in [4.78, 5) is 23.5. The minimum Gasteiger partial charge on any atom is -0.478 e. The third-order valence-corrected chi connectivity index (χ3v) is 6.38. The van der Waals surface area contributed by atoms with E-state index in [0.717, 1.165) is 57.4 Å². The molecule has 0 radical (unpaired) electrons. The van der Waals surface area contributed by atoms with E-state index < -0.39 is 18.0 Å². The van der Waals surface area contributed by atoms with Crippen LogP contribution in [0.15, 0.2) is 60.8 Å². The van der Waals surface area contributed by atoms with Crippen LogP contribution in [-0.2, 0) is 20.7 Å². The number of ether oxygens (including phenoxy) is 1. The molecule has 0 saturated heterocycles. The lowest BCUT2D eigenvalue weighted by molar-refractivity contribution is -0.134. The smallest absolute Gasteiger partial charge is 0.328 e. The molecule has 0 aliphatic carbocycles. The van der Waals surface area contributed by atoms with Gasteiger partial charge in [0.05, 0.1) is 27.4 Å². The minimum atomic E-state index is -1.26. The highest BCUT2D eigenvalue weighted by atomic mass is 35.5. The fourth-order valence-corrected chi connectivity index (χ4v) is 4.19. The maximum atomic E-state index is 10.3. The Balaban J connectivity index is 0.000000611. The Morgan fingerprint density at radius 1 is 0.975 bits per heavy atom. The van der Waals surface area contributed by atoms with Gasteiger partial charge < -0.3 is 31.1 Å². The lowest BCUT2D eigenvalue weighted by atomic mass is 10.1. The van der Waals surface area contributed by atoms with E-state index in [4.69, 9.17) is 43.9 Å². The van der Waals surface area contributed by atoms with Crippen LogP contribution in [0.2, 0.25) is 10.0 Å². The number of rotatable bonds is 15. The van der Waals surface area contributed by atoms with Gasteiger partial charge >= 0.3 is 11.9 Å². The molecular weight excluding hydrogens is 557 g/mol. The van der Waals surface area contributed by atoms with Gasteiger partial charge in [0.2, 0.25) is 0 Å². The SMILES string of the molecule is Nc1c(Cl)cc(C(O)CNCCCCCOCCCc2ccc3ncccc3c2)cc1Cl.O=C(O)/C=C/C(=O)O. The van der Waals surface area contributed by atoms with Crippen molar-refractivity contribution in [1.29, 1.82) is 0 Å². The van der Waals surface area contributed by atoms with Crippen molar-refractivity contribution in [3.63, 3.8) is 0 Å². The number of aliphatic hydroxyl groups is 1. The van der Waals surface area contributed by atoms with Crippen molar-refractivity contribution in [3.05, 3.63) is 82.0 Å².